The minimum Gasteiger partial charge on any atom is -0.321 e. The summed E-state index contributed by atoms with van der Waals surface area (Å²) >= 11 is 5.38. The van der Waals surface area contributed by atoms with Crippen LogP contribution in [0.4, 0.5) is 5.69 Å². The van der Waals surface area contributed by atoms with Gasteiger partial charge in [0.2, 0.25) is 0 Å². The summed E-state index contributed by atoms with van der Waals surface area (Å²) in [5.74, 6) is 0. The van der Waals surface area contributed by atoms with Crippen LogP contribution in [0.3, 0.4) is 0 Å². The van der Waals surface area contributed by atoms with Crippen LogP contribution in [-0.2, 0) is 0 Å². The Hall–Kier alpha value is -1.81. The zero-order chi connectivity index (χ0) is 16.5. The molecular formula is C18H27N3S. The van der Waals surface area contributed by atoms with Crippen molar-refractivity contribution in [3.8, 4) is 0 Å². The lowest BCUT2D eigenvalue weighted by atomic mass is 10.1. The second kappa shape index (κ2) is 9.26. The quantitative estimate of drug-likeness (QED) is 0.320. The number of anilines is 1. The van der Waals surface area contributed by atoms with Crippen LogP contribution < -0.4 is 15.8 Å². The summed E-state index contributed by atoms with van der Waals surface area (Å²) in [6, 6.07) is 8.25. The molecule has 0 atom stereocenters. The van der Waals surface area contributed by atoms with Crippen LogP contribution in [0.25, 0.3) is 0 Å². The molecule has 1 aromatic rings. The molecule has 0 aliphatic rings. The van der Waals surface area contributed by atoms with Crippen molar-refractivity contribution in [3.63, 3.8) is 0 Å². The van der Waals surface area contributed by atoms with Gasteiger partial charge in [0.25, 0.3) is 0 Å². The van der Waals surface area contributed by atoms with Gasteiger partial charge in [0.15, 0.2) is 5.11 Å². The fraction of sp³-hybridized carbons (Fsp3) is 0.389. The van der Waals surface area contributed by atoms with E-state index in [1.807, 2.05) is 11.9 Å². The van der Waals surface area contributed by atoms with E-state index in [0.717, 1.165) is 37.1 Å². The lowest BCUT2D eigenvalue weighted by Crippen LogP contribution is -2.44. The molecule has 0 fully saturated rings. The van der Waals surface area contributed by atoms with Crippen LogP contribution in [0, 0.1) is 6.92 Å². The van der Waals surface area contributed by atoms with E-state index in [2.05, 4.69) is 62.1 Å². The van der Waals surface area contributed by atoms with Gasteiger partial charge in [-0.1, -0.05) is 29.8 Å². The molecule has 0 amide bonds. The molecule has 0 heterocycles. The van der Waals surface area contributed by atoms with Crippen molar-refractivity contribution in [1.29, 1.82) is 0 Å². The number of thiocarbonyl (C=S) groups is 1. The number of unbranched alkanes of at least 4 members (excludes halogenated alkanes) is 1. The summed E-state index contributed by atoms with van der Waals surface area (Å²) in [7, 11) is 1.94. The van der Waals surface area contributed by atoms with Gasteiger partial charge in [-0.25, -0.2) is 0 Å². The topological polar surface area (TPSA) is 27.3 Å². The molecule has 3 nitrogen and oxygen atoms in total. The molecule has 0 radical (unpaired) electrons. The average Bonchev–Trinajstić information content (AvgIpc) is 2.49. The largest absolute Gasteiger partial charge is 0.321 e. The van der Waals surface area contributed by atoms with Crippen molar-refractivity contribution in [2.75, 3.05) is 11.9 Å². The van der Waals surface area contributed by atoms with Crippen molar-refractivity contribution >= 4 is 23.0 Å². The predicted molar refractivity (Wildman–Crippen MR) is 101 cm³/mol. The van der Waals surface area contributed by atoms with E-state index in [9.17, 15) is 0 Å². The highest BCUT2D eigenvalue weighted by Gasteiger charge is 2.06. The third-order valence-electron chi connectivity index (χ3n) is 3.40. The van der Waals surface area contributed by atoms with Crippen LogP contribution in [0.1, 0.15) is 38.2 Å². The standard InChI is InChI=1S/C18H27N3S/c1-14(2)8-6-7-9-16(4)19-20-18(22)21(5)17-12-10-15(3)11-13-17/h10-13,19H,1,4,6-9H2,2-3,5H3,(H,20,22). The zero-order valence-corrected chi connectivity index (χ0v) is 14.7. The van der Waals surface area contributed by atoms with E-state index in [4.69, 9.17) is 12.2 Å². The highest BCUT2D eigenvalue weighted by Crippen LogP contribution is 2.13. The lowest BCUT2D eigenvalue weighted by Gasteiger charge is -2.22. The summed E-state index contributed by atoms with van der Waals surface area (Å²) in [6.07, 6.45) is 4.25. The lowest BCUT2D eigenvalue weighted by molar-refractivity contribution is 0.659. The maximum Gasteiger partial charge on any atom is 0.192 e. The van der Waals surface area contributed by atoms with Crippen LogP contribution in [0.15, 0.2) is 48.7 Å². The van der Waals surface area contributed by atoms with E-state index in [0.29, 0.717) is 5.11 Å². The van der Waals surface area contributed by atoms with Crippen LogP contribution in [0.2, 0.25) is 0 Å². The number of aryl methyl sites for hydroxylation is 1. The van der Waals surface area contributed by atoms with Crippen molar-refractivity contribution in [1.82, 2.24) is 10.9 Å². The van der Waals surface area contributed by atoms with Gasteiger partial charge in [-0.3, -0.25) is 5.43 Å². The number of nitrogens with zero attached hydrogens (tertiary/aromatic N) is 1. The molecule has 0 unspecified atom stereocenters. The molecule has 0 aliphatic heterocycles. The van der Waals surface area contributed by atoms with E-state index >= 15 is 0 Å². The summed E-state index contributed by atoms with van der Waals surface area (Å²) in [5.41, 5.74) is 10.6. The summed E-state index contributed by atoms with van der Waals surface area (Å²) in [5, 5.41) is 0.618. The smallest absolute Gasteiger partial charge is 0.192 e. The Morgan fingerprint density at radius 3 is 2.27 bits per heavy atom. The van der Waals surface area contributed by atoms with Gasteiger partial charge in [0.05, 0.1) is 0 Å². The summed E-state index contributed by atoms with van der Waals surface area (Å²) in [6.45, 7) is 12.1. The SMILES string of the molecule is C=C(C)CCCCC(=C)NNC(=S)N(C)c1ccc(C)cc1. The number of hydrogen-bond donors (Lipinski definition) is 2. The van der Waals surface area contributed by atoms with Crippen LogP contribution in [0.5, 0.6) is 0 Å². The second-order valence-electron chi connectivity index (χ2n) is 5.72. The predicted octanol–water partition coefficient (Wildman–Crippen LogP) is 4.46. The van der Waals surface area contributed by atoms with E-state index in [1.54, 1.807) is 0 Å². The molecule has 120 valence electrons. The molecule has 4 heteroatoms. The normalized spacial score (nSPS) is 9.95. The highest BCUT2D eigenvalue weighted by molar-refractivity contribution is 7.80. The number of nitrogens with one attached hydrogen (secondary N) is 2. The number of hydrazine groups is 1. The summed E-state index contributed by atoms with van der Waals surface area (Å²) < 4.78 is 0. The van der Waals surface area contributed by atoms with Gasteiger partial charge in [0.1, 0.15) is 0 Å². The fourth-order valence-electron chi connectivity index (χ4n) is 1.94. The minimum atomic E-state index is 0.618. The maximum absolute atomic E-state index is 5.38. The molecule has 0 aromatic heterocycles. The average molecular weight is 318 g/mol. The maximum atomic E-state index is 5.38. The van der Waals surface area contributed by atoms with E-state index in [1.165, 1.54) is 11.1 Å². The summed E-state index contributed by atoms with van der Waals surface area (Å²) in [4.78, 5) is 1.93. The Balaban J connectivity index is 2.31. The molecule has 2 N–H and O–H groups in total. The van der Waals surface area contributed by atoms with Crippen LogP contribution >= 0.6 is 12.2 Å². The van der Waals surface area contributed by atoms with Gasteiger partial charge < -0.3 is 10.3 Å². The molecule has 0 spiro atoms. The molecule has 22 heavy (non-hydrogen) atoms. The molecule has 0 aliphatic carbocycles. The first-order valence-corrected chi connectivity index (χ1v) is 7.99. The van der Waals surface area contributed by atoms with Gasteiger partial charge >= 0.3 is 0 Å². The monoisotopic (exact) mass is 317 g/mol. The second-order valence-corrected chi connectivity index (χ2v) is 6.10. The molecule has 1 aromatic carbocycles. The minimum absolute atomic E-state index is 0.618. The molecule has 0 saturated carbocycles. The van der Waals surface area contributed by atoms with Gasteiger partial charge in [-0.05, 0) is 63.9 Å². The number of rotatable bonds is 8. The van der Waals surface area contributed by atoms with Gasteiger partial charge in [0, 0.05) is 18.4 Å². The zero-order valence-electron chi connectivity index (χ0n) is 13.9. The third kappa shape index (κ3) is 6.76. The molecule has 1 rings (SSSR count). The van der Waals surface area contributed by atoms with Crippen LogP contribution in [-0.4, -0.2) is 12.2 Å². The molecule has 0 saturated heterocycles. The first-order chi connectivity index (χ1) is 10.4. The van der Waals surface area contributed by atoms with E-state index in [-0.39, 0.29) is 0 Å². The number of hydrogen-bond acceptors (Lipinski definition) is 2. The van der Waals surface area contributed by atoms with Crippen molar-refractivity contribution in [2.24, 2.45) is 0 Å². The highest BCUT2D eigenvalue weighted by atomic mass is 32.1. The van der Waals surface area contributed by atoms with Gasteiger partial charge in [-0.15, -0.1) is 6.58 Å². The Morgan fingerprint density at radius 1 is 1.09 bits per heavy atom. The van der Waals surface area contributed by atoms with Crippen molar-refractivity contribution in [3.05, 3.63) is 54.3 Å². The Kier molecular flexibility index (Phi) is 7.67. The van der Waals surface area contributed by atoms with Gasteiger partial charge in [-0.2, -0.15) is 0 Å². The Labute approximate surface area is 140 Å². The Bertz CT molecular complexity index is 520. The van der Waals surface area contributed by atoms with E-state index < -0.39 is 0 Å². The molecular weight excluding hydrogens is 290 g/mol. The molecule has 0 bridgehead atoms. The van der Waals surface area contributed by atoms with Crippen molar-refractivity contribution < 1.29 is 0 Å². The third-order valence-corrected chi connectivity index (χ3v) is 3.78. The first-order valence-electron chi connectivity index (χ1n) is 7.58. The van der Waals surface area contributed by atoms with Crippen molar-refractivity contribution in [2.45, 2.75) is 39.5 Å². The Morgan fingerprint density at radius 2 is 1.68 bits per heavy atom. The fourth-order valence-corrected chi connectivity index (χ4v) is 2.10. The number of benzene rings is 1. The number of allylic oxidation sites excluding steroid dienone is 2. The first kappa shape index (κ1) is 18.2.